The Morgan fingerprint density at radius 2 is 2.12 bits per heavy atom. The lowest BCUT2D eigenvalue weighted by Crippen LogP contribution is -1.72. The highest BCUT2D eigenvalue weighted by Gasteiger charge is 1.93. The molecule has 2 heteroatoms. The maximum Gasteiger partial charge on any atom is 0.109 e. The molecule has 0 amide bonds. The third-order valence-electron chi connectivity index (χ3n) is 0.843. The van der Waals surface area contributed by atoms with Gasteiger partial charge >= 0.3 is 0 Å². The van der Waals surface area contributed by atoms with Gasteiger partial charge in [0.25, 0.3) is 0 Å². The highest BCUT2D eigenvalue weighted by Crippen LogP contribution is 2.16. The monoisotopic (exact) mass is 228 g/mol. The van der Waals surface area contributed by atoms with Crippen LogP contribution >= 0.6 is 22.6 Å². The van der Waals surface area contributed by atoms with E-state index in [0.717, 1.165) is 10.0 Å². The summed E-state index contributed by atoms with van der Waals surface area (Å²) in [5.74, 6) is 0.0353. The van der Waals surface area contributed by atoms with Gasteiger partial charge in [-0.3, -0.25) is 0 Å². The van der Waals surface area contributed by atoms with E-state index < -0.39 is 0 Å². The maximum absolute atomic E-state index is 12.4. The molecule has 0 atom stereocenters. The zero-order chi connectivity index (χ0) is 6.57. The highest BCUT2D eigenvalue weighted by atomic mass is 127. The van der Waals surface area contributed by atoms with Gasteiger partial charge in [-0.2, -0.15) is 0 Å². The first-order chi connectivity index (χ1) is 3.68. The second kappa shape index (κ2) is 4.30. The van der Waals surface area contributed by atoms with E-state index in [0.29, 0.717) is 6.42 Å². The molecule has 0 aliphatic heterocycles. The van der Waals surface area contributed by atoms with Gasteiger partial charge in [0.05, 0.1) is 0 Å². The predicted molar refractivity (Wildman–Crippen MR) is 42.7 cm³/mol. The summed E-state index contributed by atoms with van der Waals surface area (Å²) in [4.78, 5) is 0. The minimum Gasteiger partial charge on any atom is -0.211 e. The van der Waals surface area contributed by atoms with Crippen molar-refractivity contribution in [3.05, 3.63) is 9.41 Å². The molecule has 0 aliphatic carbocycles. The van der Waals surface area contributed by atoms with E-state index in [9.17, 15) is 4.39 Å². The van der Waals surface area contributed by atoms with Crippen molar-refractivity contribution in [2.45, 2.75) is 26.7 Å². The number of hydrogen-bond acceptors (Lipinski definition) is 0. The normalized spacial score (nSPS) is 13.5. The molecule has 0 bridgehead atoms. The Morgan fingerprint density at radius 1 is 1.62 bits per heavy atom. The Labute approximate surface area is 63.3 Å². The molecule has 0 aromatic heterocycles. The maximum atomic E-state index is 12.4. The Bertz CT molecular complexity index is 92.7. The minimum atomic E-state index is 0.0353. The molecule has 0 aliphatic rings. The molecule has 0 fully saturated rings. The molecule has 0 saturated heterocycles. The summed E-state index contributed by atoms with van der Waals surface area (Å²) in [6.07, 6.45) is 1.49. The summed E-state index contributed by atoms with van der Waals surface area (Å²) >= 11 is 2.00. The van der Waals surface area contributed by atoms with Crippen molar-refractivity contribution < 1.29 is 4.39 Å². The lowest BCUT2D eigenvalue weighted by atomic mass is 10.3. The van der Waals surface area contributed by atoms with Gasteiger partial charge in [0.1, 0.15) is 5.83 Å². The van der Waals surface area contributed by atoms with Crippen LogP contribution in [0.25, 0.3) is 0 Å². The largest absolute Gasteiger partial charge is 0.211 e. The smallest absolute Gasteiger partial charge is 0.109 e. The van der Waals surface area contributed by atoms with Gasteiger partial charge in [-0.1, -0.05) is 6.92 Å². The van der Waals surface area contributed by atoms with Gasteiger partial charge in [-0.25, -0.2) is 4.39 Å². The zero-order valence-corrected chi connectivity index (χ0v) is 7.33. The fourth-order valence-electron chi connectivity index (χ4n) is 0.392. The van der Waals surface area contributed by atoms with Crippen molar-refractivity contribution >= 4 is 22.6 Å². The number of hydrogen-bond donors (Lipinski definition) is 0. The van der Waals surface area contributed by atoms with Crippen LogP contribution in [0.1, 0.15) is 26.7 Å². The van der Waals surface area contributed by atoms with Crippen LogP contribution in [0.5, 0.6) is 0 Å². The van der Waals surface area contributed by atoms with Crippen LogP contribution in [0.15, 0.2) is 9.41 Å². The third-order valence-corrected chi connectivity index (χ3v) is 1.43. The van der Waals surface area contributed by atoms with Gasteiger partial charge < -0.3 is 0 Å². The van der Waals surface area contributed by atoms with E-state index >= 15 is 0 Å². The predicted octanol–water partition coefficient (Wildman–Crippen LogP) is 3.42. The van der Waals surface area contributed by atoms with Crippen LogP contribution in [-0.2, 0) is 0 Å². The molecule has 0 saturated carbocycles. The molecule has 0 nitrogen and oxygen atoms in total. The van der Waals surface area contributed by atoms with Crippen LogP contribution in [0.3, 0.4) is 0 Å². The standard InChI is InChI=1S/C6H10FI/c1-3-4-6(7)5(2)8/h3-4H2,1-2H3/b6-5+. The van der Waals surface area contributed by atoms with Gasteiger partial charge in [-0.05, 0) is 42.4 Å². The van der Waals surface area contributed by atoms with Gasteiger partial charge in [0, 0.05) is 3.58 Å². The molecule has 0 heterocycles. The van der Waals surface area contributed by atoms with Crippen molar-refractivity contribution in [1.29, 1.82) is 0 Å². The van der Waals surface area contributed by atoms with Crippen LogP contribution in [-0.4, -0.2) is 0 Å². The fourth-order valence-corrected chi connectivity index (χ4v) is 0.661. The highest BCUT2D eigenvalue weighted by molar-refractivity contribution is 14.1. The number of halogens is 2. The Kier molecular flexibility index (Phi) is 4.51. The van der Waals surface area contributed by atoms with Crippen molar-refractivity contribution in [2.75, 3.05) is 0 Å². The first kappa shape index (κ1) is 8.40. The topological polar surface area (TPSA) is 0 Å². The molecular formula is C6H10FI. The van der Waals surface area contributed by atoms with E-state index in [-0.39, 0.29) is 5.83 Å². The SMILES string of the molecule is CCC/C(F)=C(/C)I. The lowest BCUT2D eigenvalue weighted by Gasteiger charge is -1.91. The first-order valence-corrected chi connectivity index (χ1v) is 3.77. The molecule has 0 N–H and O–H groups in total. The van der Waals surface area contributed by atoms with Crippen LogP contribution in [0.2, 0.25) is 0 Å². The summed E-state index contributed by atoms with van der Waals surface area (Å²) in [6.45, 7) is 3.75. The molecular weight excluding hydrogens is 218 g/mol. The van der Waals surface area contributed by atoms with Crippen LogP contribution < -0.4 is 0 Å². The Hall–Kier alpha value is 0.400. The molecule has 0 aromatic rings. The molecule has 8 heavy (non-hydrogen) atoms. The summed E-state index contributed by atoms with van der Waals surface area (Å²) in [6, 6.07) is 0. The summed E-state index contributed by atoms with van der Waals surface area (Å²) in [5.41, 5.74) is 0. The fraction of sp³-hybridized carbons (Fsp3) is 0.667. The molecule has 0 rings (SSSR count). The molecule has 48 valence electrons. The second-order valence-electron chi connectivity index (χ2n) is 1.69. The lowest BCUT2D eigenvalue weighted by molar-refractivity contribution is 0.581. The van der Waals surface area contributed by atoms with E-state index in [4.69, 9.17) is 0 Å². The average molecular weight is 228 g/mol. The van der Waals surface area contributed by atoms with Gasteiger partial charge in [-0.15, -0.1) is 0 Å². The van der Waals surface area contributed by atoms with Gasteiger partial charge in [0.2, 0.25) is 0 Å². The second-order valence-corrected chi connectivity index (χ2v) is 3.31. The number of rotatable bonds is 2. The van der Waals surface area contributed by atoms with Crippen molar-refractivity contribution in [3.63, 3.8) is 0 Å². The first-order valence-electron chi connectivity index (χ1n) is 2.69. The van der Waals surface area contributed by atoms with Crippen LogP contribution in [0.4, 0.5) is 4.39 Å². The molecule has 0 unspecified atom stereocenters. The van der Waals surface area contributed by atoms with Crippen molar-refractivity contribution in [2.24, 2.45) is 0 Å². The average Bonchev–Trinajstić information content (AvgIpc) is 1.67. The Balaban J connectivity index is 3.62. The van der Waals surface area contributed by atoms with E-state index in [2.05, 4.69) is 0 Å². The number of allylic oxidation sites excluding steroid dienone is 2. The van der Waals surface area contributed by atoms with Crippen LogP contribution in [0, 0.1) is 0 Å². The van der Waals surface area contributed by atoms with E-state index in [1.54, 1.807) is 6.92 Å². The van der Waals surface area contributed by atoms with E-state index in [1.165, 1.54) is 0 Å². The minimum absolute atomic E-state index is 0.0353. The molecule has 0 spiro atoms. The van der Waals surface area contributed by atoms with Crippen molar-refractivity contribution in [1.82, 2.24) is 0 Å². The zero-order valence-electron chi connectivity index (χ0n) is 5.17. The molecule has 0 aromatic carbocycles. The quantitative estimate of drug-likeness (QED) is 0.635. The van der Waals surface area contributed by atoms with Crippen molar-refractivity contribution in [3.8, 4) is 0 Å². The third kappa shape index (κ3) is 3.41. The summed E-state index contributed by atoms with van der Waals surface area (Å²) in [7, 11) is 0. The Morgan fingerprint density at radius 3 is 2.25 bits per heavy atom. The molecule has 0 radical (unpaired) electrons. The van der Waals surface area contributed by atoms with Gasteiger partial charge in [0.15, 0.2) is 0 Å². The summed E-state index contributed by atoms with van der Waals surface area (Å²) < 4.78 is 13.2. The summed E-state index contributed by atoms with van der Waals surface area (Å²) in [5, 5.41) is 0. The van der Waals surface area contributed by atoms with E-state index in [1.807, 2.05) is 29.5 Å².